The van der Waals surface area contributed by atoms with Gasteiger partial charge in [0.05, 0.1) is 17.6 Å². The summed E-state index contributed by atoms with van der Waals surface area (Å²) < 4.78 is 6.70. The number of cyclic esters (lactones) is 1. The lowest BCUT2D eigenvalue weighted by atomic mass is 9.86. The van der Waals surface area contributed by atoms with Crippen molar-refractivity contribution in [2.24, 2.45) is 0 Å². The van der Waals surface area contributed by atoms with E-state index in [0.717, 1.165) is 22.0 Å². The molecule has 32 heavy (non-hydrogen) atoms. The van der Waals surface area contributed by atoms with Crippen LogP contribution in [0.2, 0.25) is 0 Å². The first kappa shape index (κ1) is 22.0. The summed E-state index contributed by atoms with van der Waals surface area (Å²) >= 11 is 0. The topological polar surface area (TPSA) is 105 Å². The molecule has 0 spiro atoms. The second-order valence-electron chi connectivity index (χ2n) is 8.57. The molecule has 1 aliphatic heterocycles. The van der Waals surface area contributed by atoms with Crippen LogP contribution in [0.15, 0.2) is 35.3 Å². The molecule has 1 atom stereocenters. The van der Waals surface area contributed by atoms with Gasteiger partial charge in [-0.05, 0) is 57.3 Å². The van der Waals surface area contributed by atoms with Crippen LogP contribution in [0.25, 0.3) is 10.9 Å². The number of rotatable bonds is 5. The highest BCUT2D eigenvalue weighted by Crippen LogP contribution is 2.33. The zero-order valence-corrected chi connectivity index (χ0v) is 18.7. The Morgan fingerprint density at radius 1 is 1.25 bits per heavy atom. The van der Waals surface area contributed by atoms with Crippen LogP contribution in [0.3, 0.4) is 0 Å². The number of phenolic OH excluding ortho intramolecular Hbond substituents is 1. The van der Waals surface area contributed by atoms with Gasteiger partial charge in [-0.25, -0.2) is 4.79 Å². The van der Waals surface area contributed by atoms with Gasteiger partial charge in [0, 0.05) is 34.9 Å². The Morgan fingerprint density at radius 3 is 2.69 bits per heavy atom. The molecule has 3 aromatic rings. The smallest absolute Gasteiger partial charge is 0.343 e. The average Bonchev–Trinajstić information content (AvgIpc) is 2.76. The van der Waals surface area contributed by atoms with E-state index < -0.39 is 11.6 Å². The van der Waals surface area contributed by atoms with Gasteiger partial charge in [-0.1, -0.05) is 6.92 Å². The molecule has 8 nitrogen and oxygen atoms in total. The van der Waals surface area contributed by atoms with E-state index in [-0.39, 0.29) is 30.9 Å². The molecule has 0 amide bonds. The standard InChI is InChI=1S/C24H27N3O5/c1-5-24(31)19-8-14(2)27(22(29)18(19)13-32-23(24)30)11-15-9-16-17(12-26(3)4)21(28)7-6-20(16)25-10-15/h6-10,28,31H,5,11-13H2,1-4H3/t24-/m0/s1. The molecule has 0 saturated carbocycles. The number of esters is 1. The molecule has 0 unspecified atom stereocenters. The van der Waals surface area contributed by atoms with Crippen molar-refractivity contribution in [1.29, 1.82) is 0 Å². The maximum Gasteiger partial charge on any atom is 0.343 e. The minimum atomic E-state index is -1.81. The largest absolute Gasteiger partial charge is 0.508 e. The predicted octanol–water partition coefficient (Wildman–Crippen LogP) is 2.17. The molecule has 3 heterocycles. The third-order valence-corrected chi connectivity index (χ3v) is 6.07. The second kappa shape index (κ2) is 8.03. The lowest BCUT2D eigenvalue weighted by Crippen LogP contribution is -2.44. The molecule has 0 fully saturated rings. The molecule has 1 aliphatic rings. The SMILES string of the molecule is CC[C@@]1(O)C(=O)OCc2c1cc(C)n(Cc1cnc3ccc(O)c(CN(C)C)c3c1)c2=O. The van der Waals surface area contributed by atoms with Crippen LogP contribution < -0.4 is 5.56 Å². The summed E-state index contributed by atoms with van der Waals surface area (Å²) in [4.78, 5) is 31.9. The number of fused-ring (bicyclic) bond motifs is 2. The Labute approximate surface area is 185 Å². The number of aromatic hydroxyl groups is 1. The van der Waals surface area contributed by atoms with Gasteiger partial charge in [0.2, 0.25) is 0 Å². The lowest BCUT2D eigenvalue weighted by Gasteiger charge is -2.32. The van der Waals surface area contributed by atoms with Crippen LogP contribution >= 0.6 is 0 Å². The minimum Gasteiger partial charge on any atom is -0.508 e. The van der Waals surface area contributed by atoms with E-state index in [2.05, 4.69) is 4.98 Å². The number of benzene rings is 1. The van der Waals surface area contributed by atoms with E-state index in [1.807, 2.05) is 25.1 Å². The van der Waals surface area contributed by atoms with Crippen molar-refractivity contribution < 1.29 is 19.7 Å². The van der Waals surface area contributed by atoms with Crippen LogP contribution in [-0.2, 0) is 34.8 Å². The first-order chi connectivity index (χ1) is 15.2. The number of pyridine rings is 2. The quantitative estimate of drug-likeness (QED) is 0.590. The number of phenols is 1. The number of nitrogens with zero attached hydrogens (tertiary/aromatic N) is 3. The highest BCUT2D eigenvalue weighted by atomic mass is 16.6. The van der Waals surface area contributed by atoms with Crippen molar-refractivity contribution in [3.8, 4) is 5.75 Å². The third-order valence-electron chi connectivity index (χ3n) is 6.07. The van der Waals surface area contributed by atoms with Crippen molar-refractivity contribution in [3.05, 3.63) is 68.8 Å². The van der Waals surface area contributed by atoms with Gasteiger partial charge in [0.1, 0.15) is 12.4 Å². The number of hydrogen-bond donors (Lipinski definition) is 2. The first-order valence-electron chi connectivity index (χ1n) is 10.5. The van der Waals surface area contributed by atoms with Gasteiger partial charge in [0.25, 0.3) is 5.56 Å². The number of hydrogen-bond acceptors (Lipinski definition) is 7. The van der Waals surface area contributed by atoms with E-state index in [9.17, 15) is 19.8 Å². The van der Waals surface area contributed by atoms with E-state index in [1.54, 1.807) is 42.8 Å². The van der Waals surface area contributed by atoms with Gasteiger partial charge in [0.15, 0.2) is 5.60 Å². The molecule has 0 radical (unpaired) electrons. The summed E-state index contributed by atoms with van der Waals surface area (Å²) in [5.41, 5.74) is 1.47. The molecular formula is C24H27N3O5. The fourth-order valence-corrected chi connectivity index (χ4v) is 4.26. The summed E-state index contributed by atoms with van der Waals surface area (Å²) in [6.45, 7) is 4.10. The number of aliphatic hydroxyl groups is 1. The van der Waals surface area contributed by atoms with Crippen LogP contribution in [0.5, 0.6) is 5.75 Å². The van der Waals surface area contributed by atoms with Crippen LogP contribution in [0, 0.1) is 6.92 Å². The minimum absolute atomic E-state index is 0.120. The van der Waals surface area contributed by atoms with Crippen molar-refractivity contribution in [3.63, 3.8) is 0 Å². The monoisotopic (exact) mass is 437 g/mol. The van der Waals surface area contributed by atoms with Gasteiger partial charge in [-0.2, -0.15) is 0 Å². The molecule has 4 rings (SSSR count). The fourth-order valence-electron chi connectivity index (χ4n) is 4.26. The van der Waals surface area contributed by atoms with Crippen molar-refractivity contribution in [2.45, 2.75) is 45.6 Å². The fraction of sp³-hybridized carbons (Fsp3) is 0.375. The molecule has 2 aromatic heterocycles. The van der Waals surface area contributed by atoms with Gasteiger partial charge >= 0.3 is 5.97 Å². The number of aromatic nitrogens is 2. The Kier molecular flexibility index (Phi) is 5.52. The molecule has 0 aliphatic carbocycles. The summed E-state index contributed by atoms with van der Waals surface area (Å²) in [5, 5.41) is 22.0. The van der Waals surface area contributed by atoms with Gasteiger partial charge in [-0.15, -0.1) is 0 Å². The number of ether oxygens (including phenoxy) is 1. The average molecular weight is 437 g/mol. The van der Waals surface area contributed by atoms with E-state index in [1.165, 1.54) is 0 Å². The Morgan fingerprint density at radius 2 is 2.00 bits per heavy atom. The first-order valence-corrected chi connectivity index (χ1v) is 10.5. The molecule has 168 valence electrons. The van der Waals surface area contributed by atoms with Crippen LogP contribution in [0.4, 0.5) is 0 Å². The maximum absolute atomic E-state index is 13.3. The molecule has 0 bridgehead atoms. The number of carbonyl (C=O) groups excluding carboxylic acids is 1. The maximum atomic E-state index is 13.3. The van der Waals surface area contributed by atoms with Crippen LogP contribution in [-0.4, -0.2) is 44.7 Å². The molecular weight excluding hydrogens is 410 g/mol. The van der Waals surface area contributed by atoms with E-state index >= 15 is 0 Å². The zero-order chi connectivity index (χ0) is 23.2. The van der Waals surface area contributed by atoms with Gasteiger partial charge < -0.3 is 24.4 Å². The highest BCUT2D eigenvalue weighted by molar-refractivity contribution is 5.85. The molecule has 0 saturated heterocycles. The lowest BCUT2D eigenvalue weighted by molar-refractivity contribution is -0.172. The number of aryl methyl sites for hydroxylation is 1. The number of carbonyl (C=O) groups is 1. The Bertz CT molecular complexity index is 1280. The van der Waals surface area contributed by atoms with Crippen molar-refractivity contribution in [2.75, 3.05) is 14.1 Å². The molecule has 2 N–H and O–H groups in total. The molecule has 1 aromatic carbocycles. The molecule has 8 heteroatoms. The summed E-state index contributed by atoms with van der Waals surface area (Å²) in [6.07, 6.45) is 1.83. The summed E-state index contributed by atoms with van der Waals surface area (Å²) in [5.74, 6) is -0.524. The second-order valence-corrected chi connectivity index (χ2v) is 8.57. The summed E-state index contributed by atoms with van der Waals surface area (Å²) in [6, 6.07) is 7.04. The highest BCUT2D eigenvalue weighted by Gasteiger charge is 2.44. The predicted molar refractivity (Wildman–Crippen MR) is 119 cm³/mol. The van der Waals surface area contributed by atoms with Crippen molar-refractivity contribution >= 4 is 16.9 Å². The van der Waals surface area contributed by atoms with Crippen molar-refractivity contribution in [1.82, 2.24) is 14.5 Å². The Balaban J connectivity index is 1.80. The zero-order valence-electron chi connectivity index (χ0n) is 18.7. The van der Waals surface area contributed by atoms with Crippen LogP contribution in [0.1, 0.15) is 41.3 Å². The van der Waals surface area contributed by atoms with E-state index in [0.29, 0.717) is 23.4 Å². The normalized spacial score (nSPS) is 18.1. The Hall–Kier alpha value is -3.23. The summed E-state index contributed by atoms with van der Waals surface area (Å²) in [7, 11) is 3.85. The third kappa shape index (κ3) is 3.55. The van der Waals surface area contributed by atoms with E-state index in [4.69, 9.17) is 4.74 Å². The van der Waals surface area contributed by atoms with Gasteiger partial charge in [-0.3, -0.25) is 9.78 Å².